The van der Waals surface area contributed by atoms with Gasteiger partial charge in [-0.3, -0.25) is 14.4 Å². The predicted octanol–water partition coefficient (Wildman–Crippen LogP) is 1.77. The first-order chi connectivity index (χ1) is 9.08. The van der Waals surface area contributed by atoms with Crippen LogP contribution in [0.4, 0.5) is 0 Å². The Morgan fingerprint density at radius 2 is 1.21 bits per heavy atom. The van der Waals surface area contributed by atoms with Gasteiger partial charge in [0.25, 0.3) is 5.43 Å². The zero-order valence-corrected chi connectivity index (χ0v) is 10.3. The number of hydrogen-bond acceptors (Lipinski definition) is 3. The van der Waals surface area contributed by atoms with E-state index in [9.17, 15) is 14.4 Å². The van der Waals surface area contributed by atoms with E-state index in [4.69, 9.17) is 0 Å². The monoisotopic (exact) mass is 250 g/mol. The second-order valence-electron chi connectivity index (χ2n) is 4.61. The zero-order valence-electron chi connectivity index (χ0n) is 10.3. The summed E-state index contributed by atoms with van der Waals surface area (Å²) in [5, 5.41) is 0.430. The molecule has 3 nitrogen and oxygen atoms in total. The average Bonchev–Trinajstić information content (AvgIpc) is 2.64. The van der Waals surface area contributed by atoms with Gasteiger partial charge in [-0.1, -0.05) is 35.9 Å². The Kier molecular flexibility index (Phi) is 2.42. The van der Waals surface area contributed by atoms with Gasteiger partial charge in [0, 0.05) is 10.8 Å². The van der Waals surface area contributed by atoms with Gasteiger partial charge in [0.15, 0.2) is 0 Å². The molecule has 0 saturated carbocycles. The average molecular weight is 250 g/mol. The molecular weight excluding hydrogens is 240 g/mol. The first kappa shape index (κ1) is 11.5. The molecule has 0 spiro atoms. The predicted molar refractivity (Wildman–Crippen MR) is 75.3 cm³/mol. The highest BCUT2D eigenvalue weighted by atomic mass is 16.2. The number of hydrogen-bond donors (Lipinski definition) is 0. The molecule has 0 unspecified atom stereocenters. The van der Waals surface area contributed by atoms with Crippen molar-refractivity contribution >= 4 is 10.8 Å². The van der Waals surface area contributed by atoms with Gasteiger partial charge in [0.1, 0.15) is 0 Å². The molecule has 0 radical (unpaired) electrons. The summed E-state index contributed by atoms with van der Waals surface area (Å²) >= 11 is 0. The summed E-state index contributed by atoms with van der Waals surface area (Å²) in [5.41, 5.74) is 0.592. The van der Waals surface area contributed by atoms with E-state index in [1.165, 1.54) is 0 Å². The Balaban J connectivity index is 2.31. The van der Waals surface area contributed by atoms with E-state index in [0.29, 0.717) is 0 Å². The molecule has 0 N–H and O–H groups in total. The van der Waals surface area contributed by atoms with Gasteiger partial charge in [0.05, 0.1) is 0 Å². The topological polar surface area (TPSA) is 51.2 Å². The molecule has 0 aliphatic carbocycles. The first-order valence-electron chi connectivity index (χ1n) is 5.92. The van der Waals surface area contributed by atoms with Crippen LogP contribution < -0.4 is 16.3 Å². The highest BCUT2D eigenvalue weighted by molar-refractivity contribution is 5.88. The van der Waals surface area contributed by atoms with E-state index in [0.717, 1.165) is 16.7 Å². The van der Waals surface area contributed by atoms with Crippen LogP contribution in [0.15, 0.2) is 56.8 Å². The SMILES string of the molecule is Cc1ccc(-c2ccc3c(=O)c(=O)c(=O)c3c2)cc1. The summed E-state index contributed by atoms with van der Waals surface area (Å²) in [6.07, 6.45) is 0. The van der Waals surface area contributed by atoms with Crippen molar-refractivity contribution in [2.45, 2.75) is 6.92 Å². The molecular formula is C16H10O3. The van der Waals surface area contributed by atoms with Crippen molar-refractivity contribution in [1.82, 2.24) is 0 Å². The van der Waals surface area contributed by atoms with Crippen molar-refractivity contribution in [3.63, 3.8) is 0 Å². The highest BCUT2D eigenvalue weighted by Crippen LogP contribution is 2.21. The van der Waals surface area contributed by atoms with E-state index in [-0.39, 0.29) is 10.8 Å². The van der Waals surface area contributed by atoms with Crippen molar-refractivity contribution in [3.8, 4) is 11.1 Å². The minimum absolute atomic E-state index is 0.214. The molecule has 0 heterocycles. The van der Waals surface area contributed by atoms with Gasteiger partial charge in [-0.2, -0.15) is 0 Å². The summed E-state index contributed by atoms with van der Waals surface area (Å²) in [5.74, 6) is 0. The van der Waals surface area contributed by atoms with Crippen LogP contribution >= 0.6 is 0 Å². The fraction of sp³-hybridized carbons (Fsp3) is 0.0625. The van der Waals surface area contributed by atoms with Crippen LogP contribution in [0.3, 0.4) is 0 Å². The van der Waals surface area contributed by atoms with Gasteiger partial charge < -0.3 is 0 Å². The van der Waals surface area contributed by atoms with Gasteiger partial charge in [-0.05, 0) is 30.2 Å². The second-order valence-corrected chi connectivity index (χ2v) is 4.61. The fourth-order valence-electron chi connectivity index (χ4n) is 2.20. The molecule has 0 atom stereocenters. The Morgan fingerprint density at radius 1 is 0.632 bits per heavy atom. The lowest BCUT2D eigenvalue weighted by atomic mass is 10.0. The van der Waals surface area contributed by atoms with Crippen LogP contribution in [-0.2, 0) is 0 Å². The standard InChI is InChI=1S/C16H10O3/c1-9-2-4-10(5-3-9)11-6-7-12-13(8-11)15(18)16(19)14(12)17/h2-8H,1H3. The zero-order chi connectivity index (χ0) is 13.6. The molecule has 3 aromatic carbocycles. The molecule has 0 aliphatic rings. The molecule has 0 aromatic heterocycles. The summed E-state index contributed by atoms with van der Waals surface area (Å²) in [6.45, 7) is 1.99. The van der Waals surface area contributed by atoms with E-state index in [2.05, 4.69) is 0 Å². The van der Waals surface area contributed by atoms with Crippen molar-refractivity contribution in [1.29, 1.82) is 0 Å². The van der Waals surface area contributed by atoms with E-state index >= 15 is 0 Å². The lowest BCUT2D eigenvalue weighted by molar-refractivity contribution is 1.47. The number of aryl methyl sites for hydroxylation is 1. The van der Waals surface area contributed by atoms with E-state index in [1.54, 1.807) is 18.2 Å². The normalized spacial score (nSPS) is 11.0. The first-order valence-corrected chi connectivity index (χ1v) is 5.92. The molecule has 0 fully saturated rings. The Labute approximate surface area is 108 Å². The van der Waals surface area contributed by atoms with Crippen LogP contribution in [0.25, 0.3) is 21.9 Å². The van der Waals surface area contributed by atoms with Crippen LogP contribution in [0.1, 0.15) is 5.56 Å². The second kappa shape index (κ2) is 3.99. The number of rotatable bonds is 1. The Hall–Kier alpha value is -2.55. The van der Waals surface area contributed by atoms with Crippen LogP contribution in [0.5, 0.6) is 0 Å². The quantitative estimate of drug-likeness (QED) is 0.618. The third kappa shape index (κ3) is 1.71. The van der Waals surface area contributed by atoms with Crippen LogP contribution in [0, 0.1) is 6.92 Å². The lowest BCUT2D eigenvalue weighted by Gasteiger charge is -2.02. The summed E-state index contributed by atoms with van der Waals surface area (Å²) in [7, 11) is 0. The molecule has 0 amide bonds. The number of benzene rings is 2. The minimum Gasteiger partial charge on any atom is -0.285 e. The van der Waals surface area contributed by atoms with E-state index < -0.39 is 16.3 Å². The minimum atomic E-state index is -0.934. The fourth-order valence-corrected chi connectivity index (χ4v) is 2.20. The van der Waals surface area contributed by atoms with Crippen LogP contribution in [-0.4, -0.2) is 0 Å². The lowest BCUT2D eigenvalue weighted by Crippen LogP contribution is -2.29. The molecule has 19 heavy (non-hydrogen) atoms. The van der Waals surface area contributed by atoms with Crippen molar-refractivity contribution in [2.75, 3.05) is 0 Å². The van der Waals surface area contributed by atoms with Gasteiger partial charge in [-0.15, -0.1) is 0 Å². The van der Waals surface area contributed by atoms with Gasteiger partial charge in [-0.25, -0.2) is 0 Å². The Morgan fingerprint density at radius 3 is 1.89 bits per heavy atom. The number of fused-ring (bicyclic) bond motifs is 1. The molecule has 3 rings (SSSR count). The molecule has 3 heteroatoms. The highest BCUT2D eigenvalue weighted by Gasteiger charge is 2.12. The maximum absolute atomic E-state index is 11.7. The molecule has 92 valence electrons. The molecule has 0 bridgehead atoms. The maximum atomic E-state index is 11.7. The van der Waals surface area contributed by atoms with Gasteiger partial charge in [0.2, 0.25) is 10.9 Å². The maximum Gasteiger partial charge on any atom is 0.273 e. The van der Waals surface area contributed by atoms with Crippen molar-refractivity contribution in [3.05, 3.63) is 78.7 Å². The Bertz CT molecular complexity index is 912. The van der Waals surface area contributed by atoms with Crippen LogP contribution in [0.2, 0.25) is 0 Å². The van der Waals surface area contributed by atoms with Gasteiger partial charge >= 0.3 is 0 Å². The van der Waals surface area contributed by atoms with Crippen molar-refractivity contribution < 1.29 is 0 Å². The molecule has 3 aromatic rings. The summed E-state index contributed by atoms with van der Waals surface area (Å²) in [4.78, 5) is 34.6. The molecule has 0 saturated heterocycles. The third-order valence-electron chi connectivity index (χ3n) is 3.31. The molecule has 0 aliphatic heterocycles. The summed E-state index contributed by atoms with van der Waals surface area (Å²) < 4.78 is 0. The van der Waals surface area contributed by atoms with Crippen molar-refractivity contribution in [2.24, 2.45) is 0 Å². The largest absolute Gasteiger partial charge is 0.285 e. The smallest absolute Gasteiger partial charge is 0.273 e. The van der Waals surface area contributed by atoms with E-state index in [1.807, 2.05) is 31.2 Å². The third-order valence-corrected chi connectivity index (χ3v) is 3.31. The summed E-state index contributed by atoms with van der Waals surface area (Å²) in [6, 6.07) is 12.8.